The first-order valence-corrected chi connectivity index (χ1v) is 7.51. The van der Waals surface area contributed by atoms with Gasteiger partial charge in [-0.2, -0.15) is 0 Å². The average Bonchev–Trinajstić information content (AvgIpc) is 2.77. The predicted octanol–water partition coefficient (Wildman–Crippen LogP) is 1.93. The third-order valence-corrected chi connectivity index (χ3v) is 5.61. The number of amides is 1. The molecule has 0 bridgehead atoms. The number of rotatable bonds is 4. The van der Waals surface area contributed by atoms with Gasteiger partial charge in [-0.15, -0.1) is 11.8 Å². The van der Waals surface area contributed by atoms with Crippen molar-refractivity contribution < 1.29 is 4.79 Å². The summed E-state index contributed by atoms with van der Waals surface area (Å²) in [6.45, 7) is 0. The lowest BCUT2D eigenvalue weighted by Gasteiger charge is -2.24. The van der Waals surface area contributed by atoms with Gasteiger partial charge in [0.25, 0.3) is 0 Å². The van der Waals surface area contributed by atoms with Crippen molar-refractivity contribution in [1.29, 1.82) is 0 Å². The summed E-state index contributed by atoms with van der Waals surface area (Å²) >= 11 is 5.19. The Balaban J connectivity index is 2.06. The van der Waals surface area contributed by atoms with Gasteiger partial charge in [0.05, 0.1) is 5.54 Å². The molecule has 0 saturated heterocycles. The number of carbonyl (C=O) groups excluding carboxylic acids is 1. The minimum atomic E-state index is -0.543. The number of hydrogen-bond acceptors (Lipinski definition) is 4. The molecule has 0 radical (unpaired) electrons. The maximum atomic E-state index is 11.5. The van der Waals surface area contributed by atoms with Crippen LogP contribution in [-0.2, 0) is 4.79 Å². The van der Waals surface area contributed by atoms with Crippen LogP contribution in [0.15, 0.2) is 27.8 Å². The van der Waals surface area contributed by atoms with Crippen LogP contribution in [0.2, 0.25) is 0 Å². The van der Waals surface area contributed by atoms with Crippen LogP contribution in [0.3, 0.4) is 0 Å². The Bertz CT molecular complexity index is 457. The second-order valence-corrected chi connectivity index (χ2v) is 6.61. The van der Waals surface area contributed by atoms with Gasteiger partial charge in [-0.05, 0) is 54.4 Å². The lowest BCUT2D eigenvalue weighted by atomic mass is 9.97. The van der Waals surface area contributed by atoms with E-state index in [0.717, 1.165) is 28.8 Å². The number of likely N-dealkylation sites (N-methyl/N-ethyl adjacent to an activating group) is 1. The molecule has 98 valence electrons. The molecule has 1 fully saturated rings. The summed E-state index contributed by atoms with van der Waals surface area (Å²) < 4.78 is 0.996. The van der Waals surface area contributed by atoms with E-state index in [9.17, 15) is 4.79 Å². The van der Waals surface area contributed by atoms with Crippen LogP contribution in [0.5, 0.6) is 0 Å². The molecule has 4 nitrogen and oxygen atoms in total. The highest BCUT2D eigenvalue weighted by atomic mass is 79.9. The first kappa shape index (κ1) is 13.8. The molecule has 0 spiro atoms. The number of hydrogen-bond donors (Lipinski definition) is 2. The topological polar surface area (TPSA) is 68.0 Å². The van der Waals surface area contributed by atoms with Crippen LogP contribution in [0.1, 0.15) is 19.3 Å². The molecule has 3 N–H and O–H groups in total. The van der Waals surface area contributed by atoms with Crippen LogP contribution >= 0.6 is 27.7 Å². The Morgan fingerprint density at radius 1 is 1.72 bits per heavy atom. The molecule has 1 aliphatic carbocycles. The van der Waals surface area contributed by atoms with Gasteiger partial charge in [-0.3, -0.25) is 4.79 Å². The molecule has 0 aromatic carbocycles. The first-order chi connectivity index (χ1) is 8.57. The highest BCUT2D eigenvalue weighted by Crippen LogP contribution is 2.41. The number of thioether (sulfide) groups is 1. The molecule has 0 aliphatic heterocycles. The van der Waals surface area contributed by atoms with E-state index in [-0.39, 0.29) is 5.91 Å². The number of aromatic nitrogens is 1. The quantitative estimate of drug-likeness (QED) is 0.885. The Hall–Kier alpha value is -0.590. The van der Waals surface area contributed by atoms with E-state index in [1.165, 1.54) is 0 Å². The fraction of sp³-hybridized carbons (Fsp3) is 0.500. The van der Waals surface area contributed by atoms with Gasteiger partial charge in [-0.25, -0.2) is 4.98 Å². The average molecular weight is 330 g/mol. The van der Waals surface area contributed by atoms with Crippen molar-refractivity contribution in [2.75, 3.05) is 7.05 Å². The minimum absolute atomic E-state index is 0.256. The standard InChI is InChI=1S/C12H16BrN3OS/c1-15-12(11(14)17)5-4-8(7-12)18-10-9(13)3-2-6-16-10/h2-3,6,8,15H,4-5,7H2,1H3,(H2,14,17). The molecule has 1 heterocycles. The number of nitrogens with zero attached hydrogens (tertiary/aromatic N) is 1. The van der Waals surface area contributed by atoms with Crippen molar-refractivity contribution in [3.8, 4) is 0 Å². The highest BCUT2D eigenvalue weighted by Gasteiger charge is 2.43. The van der Waals surface area contributed by atoms with Crippen molar-refractivity contribution in [3.63, 3.8) is 0 Å². The van der Waals surface area contributed by atoms with Gasteiger partial charge in [0.15, 0.2) is 0 Å². The zero-order chi connectivity index (χ0) is 13.2. The van der Waals surface area contributed by atoms with E-state index in [0.29, 0.717) is 5.25 Å². The van der Waals surface area contributed by atoms with Crippen molar-refractivity contribution in [2.24, 2.45) is 5.73 Å². The third kappa shape index (κ3) is 2.70. The zero-order valence-electron chi connectivity index (χ0n) is 10.1. The summed E-state index contributed by atoms with van der Waals surface area (Å²) in [5.41, 5.74) is 4.95. The Labute approximate surface area is 119 Å². The summed E-state index contributed by atoms with van der Waals surface area (Å²) in [5, 5.41) is 4.43. The number of nitrogens with one attached hydrogen (secondary N) is 1. The van der Waals surface area contributed by atoms with Gasteiger partial charge < -0.3 is 11.1 Å². The summed E-state index contributed by atoms with van der Waals surface area (Å²) in [5.74, 6) is -0.256. The van der Waals surface area contributed by atoms with Crippen LogP contribution in [0.25, 0.3) is 0 Å². The molecule has 1 aromatic rings. The van der Waals surface area contributed by atoms with Crippen molar-refractivity contribution in [3.05, 3.63) is 22.8 Å². The molecule has 2 atom stereocenters. The monoisotopic (exact) mass is 329 g/mol. The number of halogens is 1. The fourth-order valence-corrected chi connectivity index (χ4v) is 4.05. The van der Waals surface area contributed by atoms with E-state index >= 15 is 0 Å². The summed E-state index contributed by atoms with van der Waals surface area (Å²) in [6.07, 6.45) is 4.30. The number of carbonyl (C=O) groups is 1. The summed E-state index contributed by atoms with van der Waals surface area (Å²) in [4.78, 5) is 15.9. The highest BCUT2D eigenvalue weighted by molar-refractivity contribution is 9.10. The fourth-order valence-electron chi connectivity index (χ4n) is 2.29. The van der Waals surface area contributed by atoms with Gasteiger partial charge in [0, 0.05) is 15.9 Å². The Kier molecular flexibility index (Phi) is 4.29. The Morgan fingerprint density at radius 2 is 2.50 bits per heavy atom. The van der Waals surface area contributed by atoms with Crippen LogP contribution in [0.4, 0.5) is 0 Å². The lowest BCUT2D eigenvalue weighted by Crippen LogP contribution is -2.52. The molecule has 18 heavy (non-hydrogen) atoms. The van der Waals surface area contributed by atoms with Crippen molar-refractivity contribution >= 4 is 33.6 Å². The maximum Gasteiger partial charge on any atom is 0.237 e. The largest absolute Gasteiger partial charge is 0.368 e. The lowest BCUT2D eigenvalue weighted by molar-refractivity contribution is -0.124. The van der Waals surface area contributed by atoms with Crippen molar-refractivity contribution in [1.82, 2.24) is 10.3 Å². The molecule has 1 aliphatic rings. The summed E-state index contributed by atoms with van der Waals surface area (Å²) in [6, 6.07) is 3.87. The molecule has 6 heteroatoms. The van der Waals surface area contributed by atoms with E-state index in [4.69, 9.17) is 5.73 Å². The van der Waals surface area contributed by atoms with Gasteiger partial charge in [0.1, 0.15) is 5.03 Å². The smallest absolute Gasteiger partial charge is 0.237 e. The molecule has 1 amide bonds. The molecule has 2 rings (SSSR count). The normalized spacial score (nSPS) is 27.3. The predicted molar refractivity (Wildman–Crippen MR) is 76.4 cm³/mol. The second-order valence-electron chi connectivity index (χ2n) is 4.47. The molecule has 1 aromatic heterocycles. The number of nitrogens with two attached hydrogens (primary N) is 1. The van der Waals surface area contributed by atoms with Gasteiger partial charge in [-0.1, -0.05) is 0 Å². The van der Waals surface area contributed by atoms with Crippen LogP contribution in [-0.4, -0.2) is 28.7 Å². The maximum absolute atomic E-state index is 11.5. The first-order valence-electron chi connectivity index (χ1n) is 5.83. The summed E-state index contributed by atoms with van der Waals surface area (Å²) in [7, 11) is 1.80. The Morgan fingerprint density at radius 3 is 3.06 bits per heavy atom. The number of pyridine rings is 1. The molecular weight excluding hydrogens is 314 g/mol. The van der Waals surface area contributed by atoms with Gasteiger partial charge >= 0.3 is 0 Å². The molecular formula is C12H16BrN3OS. The van der Waals surface area contributed by atoms with Crippen LogP contribution < -0.4 is 11.1 Å². The number of primary amides is 1. The van der Waals surface area contributed by atoms with E-state index in [2.05, 4.69) is 26.2 Å². The van der Waals surface area contributed by atoms with Crippen molar-refractivity contribution in [2.45, 2.75) is 35.1 Å². The SMILES string of the molecule is CNC1(C(N)=O)CCC(Sc2ncccc2Br)C1. The van der Waals surface area contributed by atoms with Crippen LogP contribution in [0, 0.1) is 0 Å². The third-order valence-electron chi connectivity index (χ3n) is 3.42. The van der Waals surface area contributed by atoms with Gasteiger partial charge in [0.2, 0.25) is 5.91 Å². The van der Waals surface area contributed by atoms with E-state index in [1.807, 2.05) is 12.1 Å². The molecule has 2 unspecified atom stereocenters. The second kappa shape index (κ2) is 5.59. The molecule has 1 saturated carbocycles. The minimum Gasteiger partial charge on any atom is -0.368 e. The van der Waals surface area contributed by atoms with E-state index < -0.39 is 5.54 Å². The zero-order valence-corrected chi connectivity index (χ0v) is 12.6. The van der Waals surface area contributed by atoms with E-state index in [1.54, 1.807) is 25.0 Å².